The van der Waals surface area contributed by atoms with Crippen molar-refractivity contribution in [2.24, 2.45) is 39.9 Å². The Morgan fingerprint density at radius 3 is 2.53 bits per heavy atom. The van der Waals surface area contributed by atoms with Gasteiger partial charge < -0.3 is 14.9 Å². The van der Waals surface area contributed by atoms with Crippen molar-refractivity contribution in [3.8, 4) is 0 Å². The maximum Gasteiger partial charge on any atom is 0.318 e. The Balaban J connectivity index is 1.63. The number of aliphatic hydroxyl groups excluding tert-OH is 2. The Morgan fingerprint density at radius 1 is 1.09 bits per heavy atom. The van der Waals surface area contributed by atoms with Crippen LogP contribution < -0.4 is 0 Å². The molecule has 182 valence electrons. The number of ether oxygens (including phenoxy) is 1. The van der Waals surface area contributed by atoms with Gasteiger partial charge in [-0.2, -0.15) is 0 Å². The molecule has 0 bridgehead atoms. The smallest absolute Gasteiger partial charge is 0.318 e. The Hall–Kier alpha value is -0.870. The second kappa shape index (κ2) is 8.73. The Bertz CT molecular complexity index is 757. The van der Waals surface area contributed by atoms with E-state index < -0.39 is 11.5 Å². The van der Waals surface area contributed by atoms with E-state index in [4.69, 9.17) is 4.74 Å². The molecule has 1 aliphatic heterocycles. The summed E-state index contributed by atoms with van der Waals surface area (Å²) < 4.78 is 6.27. The maximum absolute atomic E-state index is 13.6. The molecule has 0 aromatic heterocycles. The molecular weight excluding hydrogens is 400 g/mol. The van der Waals surface area contributed by atoms with Gasteiger partial charge in [0.2, 0.25) is 0 Å². The van der Waals surface area contributed by atoms with Gasteiger partial charge in [0.15, 0.2) is 0 Å². The quantitative estimate of drug-likeness (QED) is 0.470. The zero-order chi connectivity index (χ0) is 23.3. The molecule has 1 heterocycles. The number of esters is 1. The van der Waals surface area contributed by atoms with Gasteiger partial charge in [0, 0.05) is 17.9 Å². The lowest BCUT2D eigenvalue weighted by Gasteiger charge is -2.58. The van der Waals surface area contributed by atoms with E-state index in [2.05, 4.69) is 34.6 Å². The minimum atomic E-state index is -0.784. The molecule has 4 rings (SSSR count). The van der Waals surface area contributed by atoms with Crippen molar-refractivity contribution in [1.29, 1.82) is 0 Å². The van der Waals surface area contributed by atoms with Crippen LogP contribution in [0, 0.1) is 39.9 Å². The zero-order valence-electron chi connectivity index (χ0n) is 21.1. The Kier molecular flexibility index (Phi) is 6.62. The minimum Gasteiger partial charge on any atom is -0.430 e. The molecule has 0 aromatic rings. The normalized spacial score (nSPS) is 42.4. The average Bonchev–Trinajstić information content (AvgIpc) is 3.07. The topological polar surface area (TPSA) is 66.8 Å². The first-order chi connectivity index (χ1) is 15.1. The van der Waals surface area contributed by atoms with Crippen molar-refractivity contribution in [3.05, 3.63) is 11.3 Å². The van der Waals surface area contributed by atoms with E-state index in [1.807, 2.05) is 0 Å². The molecule has 0 saturated heterocycles. The first kappa shape index (κ1) is 24.3. The first-order valence-corrected chi connectivity index (χ1v) is 13.3. The van der Waals surface area contributed by atoms with Gasteiger partial charge in [-0.05, 0) is 80.1 Å². The van der Waals surface area contributed by atoms with Gasteiger partial charge >= 0.3 is 5.97 Å². The largest absolute Gasteiger partial charge is 0.430 e. The van der Waals surface area contributed by atoms with Crippen LogP contribution in [0.2, 0.25) is 0 Å². The summed E-state index contributed by atoms with van der Waals surface area (Å²) in [4.78, 5) is 13.6. The lowest BCUT2D eigenvalue weighted by Crippen LogP contribution is -2.58. The van der Waals surface area contributed by atoms with Gasteiger partial charge in [-0.15, -0.1) is 0 Å². The average molecular weight is 447 g/mol. The second-order valence-electron chi connectivity index (χ2n) is 12.6. The van der Waals surface area contributed by atoms with Crippen LogP contribution in [-0.2, 0) is 9.53 Å². The molecule has 2 saturated carbocycles. The summed E-state index contributed by atoms with van der Waals surface area (Å²) in [7, 11) is 0. The number of allylic oxidation sites excluding steroid dienone is 2. The summed E-state index contributed by atoms with van der Waals surface area (Å²) in [6.45, 7) is 11.7. The first-order valence-electron chi connectivity index (χ1n) is 13.3. The predicted octanol–water partition coefficient (Wildman–Crippen LogP) is 6.01. The fourth-order valence-electron chi connectivity index (χ4n) is 8.49. The second-order valence-corrected chi connectivity index (χ2v) is 12.6. The van der Waals surface area contributed by atoms with E-state index in [1.54, 1.807) is 0 Å². The van der Waals surface area contributed by atoms with Crippen molar-refractivity contribution < 1.29 is 19.7 Å². The highest BCUT2D eigenvalue weighted by molar-refractivity contribution is 5.82. The number of rotatable bonds is 7. The fourth-order valence-corrected chi connectivity index (χ4v) is 8.49. The summed E-state index contributed by atoms with van der Waals surface area (Å²) in [5.74, 6) is 3.31. The molecule has 0 aromatic carbocycles. The molecule has 2 fully saturated rings. The fraction of sp³-hybridized carbons (Fsp3) is 0.893. The molecule has 4 heteroatoms. The highest BCUT2D eigenvalue weighted by Gasteiger charge is 2.65. The van der Waals surface area contributed by atoms with Gasteiger partial charge in [0.1, 0.15) is 5.76 Å². The van der Waals surface area contributed by atoms with Gasteiger partial charge in [0.25, 0.3) is 0 Å². The number of carbonyl (C=O) groups is 1. The number of fused-ring (bicyclic) bond motifs is 4. The standard InChI is InChI=1S/C28H46O4/c1-18(2)7-6-8-19(3)21-9-10-22-24-23(12-13-26(21,22)4)27(5)14-11-20(30)17-28(27,15-16-29)25(31)32-24/h18-22,29-30H,6-17H2,1-5H3/t19?,20-,21+,22-,26+,27+,28?/m0/s1. The van der Waals surface area contributed by atoms with Crippen LogP contribution in [0.5, 0.6) is 0 Å². The van der Waals surface area contributed by atoms with Crippen LogP contribution in [0.4, 0.5) is 0 Å². The third-order valence-electron chi connectivity index (χ3n) is 10.5. The van der Waals surface area contributed by atoms with Gasteiger partial charge in [-0.25, -0.2) is 0 Å². The van der Waals surface area contributed by atoms with E-state index in [9.17, 15) is 15.0 Å². The van der Waals surface area contributed by atoms with E-state index in [0.29, 0.717) is 30.6 Å². The van der Waals surface area contributed by atoms with E-state index in [-0.39, 0.29) is 23.4 Å². The van der Waals surface area contributed by atoms with Gasteiger partial charge in [-0.3, -0.25) is 4.79 Å². The Labute approximate surface area is 195 Å². The third-order valence-corrected chi connectivity index (χ3v) is 10.5. The molecule has 0 spiro atoms. The monoisotopic (exact) mass is 446 g/mol. The van der Waals surface area contributed by atoms with Crippen LogP contribution in [0.3, 0.4) is 0 Å². The minimum absolute atomic E-state index is 0.0445. The van der Waals surface area contributed by atoms with Crippen LogP contribution in [-0.4, -0.2) is 28.9 Å². The van der Waals surface area contributed by atoms with Crippen LogP contribution >= 0.6 is 0 Å². The lowest BCUT2D eigenvalue weighted by molar-refractivity contribution is -0.179. The SMILES string of the molecule is CC(C)CCCC(C)[C@H]1CC[C@H]2C3=C(CC[C@]12C)[C@@]1(C)CC[C@H](O)CC1(CCO)C(=O)O3. The Morgan fingerprint density at radius 2 is 1.84 bits per heavy atom. The summed E-state index contributed by atoms with van der Waals surface area (Å²) in [6.07, 6.45) is 10.3. The van der Waals surface area contributed by atoms with E-state index >= 15 is 0 Å². The van der Waals surface area contributed by atoms with Crippen LogP contribution in [0.25, 0.3) is 0 Å². The molecule has 3 aliphatic carbocycles. The summed E-state index contributed by atoms with van der Waals surface area (Å²) in [5.41, 5.74) is 0.460. The lowest BCUT2D eigenvalue weighted by atomic mass is 9.48. The molecule has 0 radical (unpaired) electrons. The molecular formula is C28H46O4. The van der Waals surface area contributed by atoms with Crippen molar-refractivity contribution >= 4 is 5.97 Å². The molecule has 32 heavy (non-hydrogen) atoms. The highest BCUT2D eigenvalue weighted by atomic mass is 16.5. The van der Waals surface area contributed by atoms with Crippen molar-refractivity contribution in [2.75, 3.05) is 6.61 Å². The van der Waals surface area contributed by atoms with E-state index in [1.165, 1.54) is 37.7 Å². The van der Waals surface area contributed by atoms with Gasteiger partial charge in [-0.1, -0.05) is 53.9 Å². The predicted molar refractivity (Wildman–Crippen MR) is 127 cm³/mol. The summed E-state index contributed by atoms with van der Waals surface area (Å²) >= 11 is 0. The van der Waals surface area contributed by atoms with Crippen molar-refractivity contribution in [2.45, 2.75) is 111 Å². The number of hydrogen-bond donors (Lipinski definition) is 2. The molecule has 2 unspecified atom stereocenters. The molecule has 7 atom stereocenters. The zero-order valence-corrected chi connectivity index (χ0v) is 21.1. The number of aliphatic hydroxyl groups is 2. The maximum atomic E-state index is 13.6. The summed E-state index contributed by atoms with van der Waals surface area (Å²) in [5, 5.41) is 20.3. The van der Waals surface area contributed by atoms with E-state index in [0.717, 1.165) is 37.4 Å². The van der Waals surface area contributed by atoms with Crippen molar-refractivity contribution in [3.63, 3.8) is 0 Å². The molecule has 2 N–H and O–H groups in total. The number of hydrogen-bond acceptors (Lipinski definition) is 4. The van der Waals surface area contributed by atoms with Crippen LogP contribution in [0.1, 0.15) is 105 Å². The van der Waals surface area contributed by atoms with Gasteiger partial charge in [0.05, 0.1) is 11.5 Å². The molecule has 4 nitrogen and oxygen atoms in total. The highest BCUT2D eigenvalue weighted by Crippen LogP contribution is 2.68. The van der Waals surface area contributed by atoms with Crippen LogP contribution in [0.15, 0.2) is 11.3 Å². The number of carbonyl (C=O) groups excluding carboxylic acids is 1. The third kappa shape index (κ3) is 3.59. The van der Waals surface area contributed by atoms with Crippen molar-refractivity contribution in [1.82, 2.24) is 0 Å². The molecule has 4 aliphatic rings. The molecule has 0 amide bonds. The summed E-state index contributed by atoms with van der Waals surface area (Å²) in [6, 6.07) is 0.